The van der Waals surface area contributed by atoms with Gasteiger partial charge >= 0.3 is 7.12 Å². The Hall–Kier alpha value is -2.43. The van der Waals surface area contributed by atoms with Crippen LogP contribution in [-0.2, 0) is 4.65 Å². The Balaban J connectivity index is 1.45. The summed E-state index contributed by atoms with van der Waals surface area (Å²) >= 11 is 2.11. The molecule has 0 aromatic heterocycles. The van der Waals surface area contributed by atoms with E-state index in [4.69, 9.17) is 9.39 Å². The highest BCUT2D eigenvalue weighted by molar-refractivity contribution is 14.1. The van der Waals surface area contributed by atoms with E-state index >= 15 is 0 Å². The van der Waals surface area contributed by atoms with Crippen molar-refractivity contribution in [2.75, 3.05) is 7.11 Å². The van der Waals surface area contributed by atoms with Gasteiger partial charge < -0.3 is 19.5 Å². The predicted molar refractivity (Wildman–Crippen MR) is 165 cm³/mol. The number of ether oxygens (including phenoxy) is 1. The molecule has 8 heteroatoms. The molecule has 2 aromatic carbocycles. The maximum Gasteiger partial charge on any atom is 0.455 e. The van der Waals surface area contributed by atoms with Gasteiger partial charge in [-0.1, -0.05) is 61.8 Å². The lowest BCUT2D eigenvalue weighted by atomic mass is 9.54. The molecule has 1 aliphatic heterocycles. The van der Waals surface area contributed by atoms with Crippen LogP contribution in [0.4, 0.5) is 0 Å². The van der Waals surface area contributed by atoms with Gasteiger partial charge in [0.05, 0.1) is 16.8 Å². The highest BCUT2D eigenvalue weighted by atomic mass is 127. The summed E-state index contributed by atoms with van der Waals surface area (Å²) in [6.07, 6.45) is 6.88. The number of aromatic hydroxyl groups is 1. The van der Waals surface area contributed by atoms with Crippen LogP contribution in [0.3, 0.4) is 0 Å². The Morgan fingerprint density at radius 2 is 1.85 bits per heavy atom. The number of methoxy groups -OCH3 is 1. The SMILES string of the molecule is CCC/C(=C\c1cc(I)c(O)c(OC)c1)CC[C@H]1OB(O)C[C@H]2C1=C(CC)C[C@H]1C(=O)c3ccccc3C(=O)[C@H]12. The number of phenols is 1. The number of halogens is 1. The fourth-order valence-electron chi connectivity index (χ4n) is 6.98. The van der Waals surface area contributed by atoms with Gasteiger partial charge in [-0.25, -0.2) is 0 Å². The monoisotopic (exact) mass is 654 g/mol. The summed E-state index contributed by atoms with van der Waals surface area (Å²) in [6, 6.07) is 10.9. The van der Waals surface area contributed by atoms with Crippen LogP contribution in [-0.4, -0.2) is 42.0 Å². The zero-order valence-corrected chi connectivity index (χ0v) is 25.4. The zero-order valence-electron chi connectivity index (χ0n) is 23.3. The normalized spacial score (nSPS) is 24.5. The summed E-state index contributed by atoms with van der Waals surface area (Å²) in [7, 11) is 0.572. The van der Waals surface area contributed by atoms with Crippen LogP contribution in [0.1, 0.15) is 78.7 Å². The molecule has 210 valence electrons. The smallest absolute Gasteiger partial charge is 0.455 e. The summed E-state index contributed by atoms with van der Waals surface area (Å²) < 4.78 is 12.2. The third-order valence-corrected chi connectivity index (χ3v) is 9.55. The van der Waals surface area contributed by atoms with E-state index in [2.05, 4.69) is 42.5 Å². The summed E-state index contributed by atoms with van der Waals surface area (Å²) in [4.78, 5) is 27.3. The van der Waals surface area contributed by atoms with Crippen LogP contribution in [0, 0.1) is 21.3 Å². The van der Waals surface area contributed by atoms with Crippen LogP contribution >= 0.6 is 22.6 Å². The second-order valence-electron chi connectivity index (χ2n) is 11.1. The molecule has 1 heterocycles. The van der Waals surface area contributed by atoms with Crippen LogP contribution in [0.15, 0.2) is 53.1 Å². The minimum absolute atomic E-state index is 0.0214. The van der Waals surface area contributed by atoms with E-state index in [1.165, 1.54) is 11.1 Å². The van der Waals surface area contributed by atoms with Gasteiger partial charge in [-0.2, -0.15) is 0 Å². The Morgan fingerprint density at radius 3 is 2.52 bits per heavy atom. The first-order chi connectivity index (χ1) is 19.3. The number of carbonyl (C=O) groups excluding carboxylic acids is 2. The summed E-state index contributed by atoms with van der Waals surface area (Å²) in [5, 5.41) is 21.1. The number of allylic oxidation sites excluding steroid dienone is 2. The van der Waals surface area contributed by atoms with E-state index < -0.39 is 13.0 Å². The molecule has 0 saturated carbocycles. The van der Waals surface area contributed by atoms with Crippen LogP contribution in [0.2, 0.25) is 6.32 Å². The summed E-state index contributed by atoms with van der Waals surface area (Å²) in [5.74, 6) is -0.374. The van der Waals surface area contributed by atoms with Gasteiger partial charge in [-0.05, 0) is 90.2 Å². The Bertz CT molecular complexity index is 1380. The van der Waals surface area contributed by atoms with Crippen molar-refractivity contribution in [3.05, 3.63) is 73.4 Å². The maximum atomic E-state index is 13.8. The molecule has 6 nitrogen and oxygen atoms in total. The lowest BCUT2D eigenvalue weighted by Gasteiger charge is -2.47. The molecule has 3 aliphatic rings. The molecule has 0 spiro atoms. The number of carbonyl (C=O) groups is 2. The van der Waals surface area contributed by atoms with Crippen molar-refractivity contribution in [2.24, 2.45) is 17.8 Å². The first kappa shape index (κ1) is 29.1. The summed E-state index contributed by atoms with van der Waals surface area (Å²) in [6.45, 7) is 4.25. The first-order valence-corrected chi connectivity index (χ1v) is 15.3. The molecule has 0 bridgehead atoms. The molecule has 5 rings (SSSR count). The van der Waals surface area contributed by atoms with Crippen LogP contribution in [0.25, 0.3) is 6.08 Å². The molecule has 2 N–H and O–H groups in total. The highest BCUT2D eigenvalue weighted by Gasteiger charge is 2.53. The number of ketones is 2. The van der Waals surface area contributed by atoms with Gasteiger partial charge in [0, 0.05) is 23.0 Å². The third-order valence-electron chi connectivity index (χ3n) is 8.73. The Kier molecular flexibility index (Phi) is 8.88. The van der Waals surface area contributed by atoms with Crippen molar-refractivity contribution in [3.63, 3.8) is 0 Å². The van der Waals surface area contributed by atoms with Crippen molar-refractivity contribution in [1.82, 2.24) is 0 Å². The Labute approximate surface area is 250 Å². The van der Waals surface area contributed by atoms with Gasteiger partial charge in [0.25, 0.3) is 0 Å². The van der Waals surface area contributed by atoms with Gasteiger partial charge in [0.1, 0.15) is 0 Å². The molecule has 2 aliphatic carbocycles. The zero-order chi connectivity index (χ0) is 28.6. The molecule has 1 fully saturated rings. The highest BCUT2D eigenvalue weighted by Crippen LogP contribution is 2.51. The van der Waals surface area contributed by atoms with Crippen LogP contribution in [0.5, 0.6) is 11.5 Å². The number of benzene rings is 2. The van der Waals surface area contributed by atoms with Crippen molar-refractivity contribution in [3.8, 4) is 11.5 Å². The Morgan fingerprint density at radius 1 is 1.12 bits per heavy atom. The van der Waals surface area contributed by atoms with E-state index in [1.807, 2.05) is 24.3 Å². The summed E-state index contributed by atoms with van der Waals surface area (Å²) in [5.41, 5.74) is 5.58. The molecular weight excluding hydrogens is 618 g/mol. The van der Waals surface area contributed by atoms with E-state index in [0.29, 0.717) is 36.0 Å². The van der Waals surface area contributed by atoms with E-state index in [9.17, 15) is 19.7 Å². The molecular formula is C32H36BIO6. The van der Waals surface area contributed by atoms with E-state index in [1.54, 1.807) is 19.2 Å². The molecule has 0 amide bonds. The maximum absolute atomic E-state index is 13.8. The molecule has 0 unspecified atom stereocenters. The molecule has 4 atom stereocenters. The van der Waals surface area contributed by atoms with Gasteiger partial charge in [0.2, 0.25) is 0 Å². The molecule has 1 saturated heterocycles. The van der Waals surface area contributed by atoms with E-state index in [0.717, 1.165) is 40.4 Å². The average Bonchev–Trinajstić information content (AvgIpc) is 2.95. The largest absolute Gasteiger partial charge is 0.504 e. The number of Topliss-reactive ketones (excluding diaryl/α,β-unsaturated/α-hetero) is 2. The number of phenolic OH excluding ortho intramolecular Hbond substituents is 1. The molecule has 40 heavy (non-hydrogen) atoms. The van der Waals surface area contributed by atoms with Crippen LogP contribution < -0.4 is 4.74 Å². The lowest BCUT2D eigenvalue weighted by Crippen LogP contribution is -2.50. The lowest BCUT2D eigenvalue weighted by molar-refractivity contribution is 0.0599. The average molecular weight is 654 g/mol. The minimum Gasteiger partial charge on any atom is -0.504 e. The second kappa shape index (κ2) is 12.2. The van der Waals surface area contributed by atoms with Crippen molar-refractivity contribution >= 4 is 47.4 Å². The quantitative estimate of drug-likeness (QED) is 0.183. The molecule has 0 radical (unpaired) electrons. The first-order valence-electron chi connectivity index (χ1n) is 14.3. The number of hydrogen-bond donors (Lipinski definition) is 2. The standard InChI is InChI=1S/C32H36BIO6/c1-4-8-18(13-19-14-25(34)32(37)27(15-19)39-3)11-12-26-28-20(5-2)16-23-29(24(28)17-33(38)40-26)31(36)22-10-7-6-9-21(22)30(23)35/h6-7,9-10,13-15,23-24,26,29,37-38H,4-5,8,11-12,16-17H2,1-3H3/b18-13+/t23-,24+,26-,29-/m1/s1. The topological polar surface area (TPSA) is 93.1 Å². The number of fused-ring (bicyclic) bond motifs is 4. The van der Waals surface area contributed by atoms with Gasteiger partial charge in [-0.3, -0.25) is 9.59 Å². The number of rotatable bonds is 8. The van der Waals surface area contributed by atoms with Crippen molar-refractivity contribution in [1.29, 1.82) is 0 Å². The second-order valence-corrected chi connectivity index (χ2v) is 12.3. The van der Waals surface area contributed by atoms with Gasteiger partial charge in [0.15, 0.2) is 23.1 Å². The third kappa shape index (κ3) is 5.42. The minimum atomic E-state index is -0.975. The predicted octanol–water partition coefficient (Wildman–Crippen LogP) is 6.89. The van der Waals surface area contributed by atoms with Gasteiger partial charge in [-0.15, -0.1) is 0 Å². The fourth-order valence-corrected chi connectivity index (χ4v) is 7.61. The van der Waals surface area contributed by atoms with Crippen molar-refractivity contribution < 1.29 is 29.1 Å². The van der Waals surface area contributed by atoms with E-state index in [-0.39, 0.29) is 35.3 Å². The fraction of sp³-hybridized carbons (Fsp3) is 0.438. The van der Waals surface area contributed by atoms with Crippen molar-refractivity contribution in [2.45, 2.75) is 64.8 Å². The molecule has 2 aromatic rings. The number of hydrogen-bond acceptors (Lipinski definition) is 6.